The Bertz CT molecular complexity index is 836. The molecule has 0 radical (unpaired) electrons. The number of hydrogen-bond donors (Lipinski definition) is 1. The summed E-state index contributed by atoms with van der Waals surface area (Å²) < 4.78 is 13.2. The number of morpholine rings is 1. The molecule has 2 heterocycles. The topological polar surface area (TPSA) is 48.3 Å². The number of benzene rings is 2. The fourth-order valence-corrected chi connectivity index (χ4v) is 3.18. The smallest absolute Gasteiger partial charge is 0.128 e. The van der Waals surface area contributed by atoms with Crippen molar-refractivity contribution in [3.8, 4) is 22.7 Å². The molecule has 1 unspecified atom stereocenters. The van der Waals surface area contributed by atoms with Crippen LogP contribution in [-0.4, -0.2) is 36.6 Å². The number of para-hydroxylation sites is 1. The van der Waals surface area contributed by atoms with Crippen molar-refractivity contribution in [1.82, 2.24) is 15.1 Å². The number of rotatable bonds is 4. The number of nitrogens with one attached hydrogen (secondary N) is 1. The lowest BCUT2D eigenvalue weighted by Crippen LogP contribution is -2.33. The highest BCUT2D eigenvalue weighted by molar-refractivity contribution is 5.69. The Kier molecular flexibility index (Phi) is 4.50. The molecule has 0 amide bonds. The van der Waals surface area contributed by atoms with Gasteiger partial charge in [-0.2, -0.15) is 5.10 Å². The minimum atomic E-state index is 0.120. The number of aromatic nitrogens is 2. The normalized spacial score (nSPS) is 17.4. The van der Waals surface area contributed by atoms with E-state index in [4.69, 9.17) is 9.47 Å². The lowest BCUT2D eigenvalue weighted by Gasteiger charge is -2.24. The highest BCUT2D eigenvalue weighted by atomic mass is 16.5. The monoisotopic (exact) mass is 335 g/mol. The largest absolute Gasteiger partial charge is 0.496 e. The van der Waals surface area contributed by atoms with E-state index < -0.39 is 0 Å². The molecule has 1 fully saturated rings. The summed E-state index contributed by atoms with van der Waals surface area (Å²) in [7, 11) is 1.69. The molecule has 128 valence electrons. The molecule has 25 heavy (non-hydrogen) atoms. The fraction of sp³-hybridized carbons (Fsp3) is 0.250. The molecular weight excluding hydrogens is 314 g/mol. The fourth-order valence-electron chi connectivity index (χ4n) is 3.18. The second-order valence-electron chi connectivity index (χ2n) is 5.98. The van der Waals surface area contributed by atoms with E-state index in [1.807, 2.05) is 41.2 Å². The van der Waals surface area contributed by atoms with Crippen molar-refractivity contribution in [3.63, 3.8) is 0 Å². The first-order chi connectivity index (χ1) is 12.4. The molecule has 2 aromatic carbocycles. The highest BCUT2D eigenvalue weighted by Gasteiger charge is 2.16. The average molecular weight is 335 g/mol. The van der Waals surface area contributed by atoms with Gasteiger partial charge in [-0.15, -0.1) is 0 Å². The molecule has 1 aliphatic heterocycles. The molecule has 0 aliphatic carbocycles. The second-order valence-corrected chi connectivity index (χ2v) is 5.98. The van der Waals surface area contributed by atoms with E-state index in [1.54, 1.807) is 7.11 Å². The Morgan fingerprint density at radius 2 is 1.96 bits per heavy atom. The molecular formula is C20H21N3O2. The SMILES string of the molecule is COc1ccccc1-c1ccnn1-c1ccc(C2CNCCO2)cc1. The zero-order chi connectivity index (χ0) is 17.1. The van der Waals surface area contributed by atoms with Crippen LogP contribution >= 0.6 is 0 Å². The lowest BCUT2D eigenvalue weighted by molar-refractivity contribution is 0.0277. The van der Waals surface area contributed by atoms with Crippen molar-refractivity contribution < 1.29 is 9.47 Å². The Labute approximate surface area is 147 Å². The summed E-state index contributed by atoms with van der Waals surface area (Å²) in [6.07, 6.45) is 1.93. The zero-order valence-corrected chi connectivity index (χ0v) is 14.2. The predicted molar refractivity (Wildman–Crippen MR) is 97.1 cm³/mol. The van der Waals surface area contributed by atoms with E-state index in [9.17, 15) is 0 Å². The number of ether oxygens (including phenoxy) is 2. The van der Waals surface area contributed by atoms with Gasteiger partial charge in [-0.05, 0) is 35.9 Å². The van der Waals surface area contributed by atoms with Gasteiger partial charge in [0.15, 0.2) is 0 Å². The lowest BCUT2D eigenvalue weighted by atomic mass is 10.1. The summed E-state index contributed by atoms with van der Waals surface area (Å²) in [6, 6.07) is 18.4. The van der Waals surface area contributed by atoms with E-state index >= 15 is 0 Å². The molecule has 3 aromatic rings. The third-order valence-electron chi connectivity index (χ3n) is 4.46. The summed E-state index contributed by atoms with van der Waals surface area (Å²) >= 11 is 0. The summed E-state index contributed by atoms with van der Waals surface area (Å²) in [5.41, 5.74) is 4.22. The maximum atomic E-state index is 5.82. The van der Waals surface area contributed by atoms with Crippen LogP contribution in [0.4, 0.5) is 0 Å². The predicted octanol–water partition coefficient (Wildman–Crippen LogP) is 3.21. The summed E-state index contributed by atoms with van der Waals surface area (Å²) in [5, 5.41) is 7.86. The van der Waals surface area contributed by atoms with Crippen molar-refractivity contribution >= 4 is 0 Å². The van der Waals surface area contributed by atoms with Crippen LogP contribution in [0.1, 0.15) is 11.7 Å². The van der Waals surface area contributed by atoms with E-state index in [-0.39, 0.29) is 6.10 Å². The summed E-state index contributed by atoms with van der Waals surface area (Å²) in [4.78, 5) is 0. The van der Waals surface area contributed by atoms with Crippen LogP contribution in [0.15, 0.2) is 60.8 Å². The standard InChI is InChI=1S/C20H21N3O2/c1-24-19-5-3-2-4-17(19)18-10-11-22-23(18)16-8-6-15(7-9-16)20-14-21-12-13-25-20/h2-11,20-21H,12-14H2,1H3. The summed E-state index contributed by atoms with van der Waals surface area (Å²) in [5.74, 6) is 0.836. The average Bonchev–Trinajstić information content (AvgIpc) is 3.18. The van der Waals surface area contributed by atoms with E-state index in [0.717, 1.165) is 42.4 Å². The van der Waals surface area contributed by atoms with Crippen LogP contribution in [0, 0.1) is 0 Å². The van der Waals surface area contributed by atoms with Gasteiger partial charge < -0.3 is 14.8 Å². The van der Waals surface area contributed by atoms with Crippen LogP contribution in [0.2, 0.25) is 0 Å². The Balaban J connectivity index is 1.66. The minimum absolute atomic E-state index is 0.120. The minimum Gasteiger partial charge on any atom is -0.496 e. The third kappa shape index (κ3) is 3.16. The number of nitrogens with zero attached hydrogens (tertiary/aromatic N) is 2. The van der Waals surface area contributed by atoms with E-state index in [2.05, 4.69) is 34.7 Å². The molecule has 1 N–H and O–H groups in total. The molecule has 0 spiro atoms. The Hall–Kier alpha value is -2.63. The second kappa shape index (κ2) is 7.09. The molecule has 1 aliphatic rings. The third-order valence-corrected chi connectivity index (χ3v) is 4.46. The number of methoxy groups -OCH3 is 1. The molecule has 0 bridgehead atoms. The first-order valence-electron chi connectivity index (χ1n) is 8.47. The molecule has 1 saturated heterocycles. The summed E-state index contributed by atoms with van der Waals surface area (Å²) in [6.45, 7) is 2.53. The van der Waals surface area contributed by atoms with Gasteiger partial charge in [-0.25, -0.2) is 4.68 Å². The first-order valence-corrected chi connectivity index (χ1v) is 8.47. The van der Waals surface area contributed by atoms with Crippen LogP contribution in [0.5, 0.6) is 5.75 Å². The van der Waals surface area contributed by atoms with Gasteiger partial charge >= 0.3 is 0 Å². The van der Waals surface area contributed by atoms with Gasteiger partial charge in [0.25, 0.3) is 0 Å². The van der Waals surface area contributed by atoms with Crippen LogP contribution in [0.3, 0.4) is 0 Å². The van der Waals surface area contributed by atoms with Crippen LogP contribution in [0.25, 0.3) is 16.9 Å². The molecule has 5 nitrogen and oxygen atoms in total. The van der Waals surface area contributed by atoms with Crippen molar-refractivity contribution in [2.24, 2.45) is 0 Å². The number of hydrogen-bond acceptors (Lipinski definition) is 4. The van der Waals surface area contributed by atoms with Gasteiger partial charge in [0.05, 0.1) is 37.4 Å². The Morgan fingerprint density at radius 3 is 2.72 bits per heavy atom. The van der Waals surface area contributed by atoms with Gasteiger partial charge in [0, 0.05) is 18.7 Å². The van der Waals surface area contributed by atoms with Crippen LogP contribution in [-0.2, 0) is 4.74 Å². The molecule has 4 rings (SSSR count). The Morgan fingerprint density at radius 1 is 1.12 bits per heavy atom. The van der Waals surface area contributed by atoms with Crippen molar-refractivity contribution in [1.29, 1.82) is 0 Å². The van der Waals surface area contributed by atoms with Crippen LogP contribution < -0.4 is 10.1 Å². The van der Waals surface area contributed by atoms with E-state index in [0.29, 0.717) is 0 Å². The van der Waals surface area contributed by atoms with E-state index in [1.165, 1.54) is 5.56 Å². The van der Waals surface area contributed by atoms with Gasteiger partial charge in [-0.3, -0.25) is 0 Å². The van der Waals surface area contributed by atoms with Gasteiger partial charge in [0.2, 0.25) is 0 Å². The quantitative estimate of drug-likeness (QED) is 0.795. The van der Waals surface area contributed by atoms with Gasteiger partial charge in [-0.1, -0.05) is 24.3 Å². The maximum absolute atomic E-state index is 5.82. The molecule has 5 heteroatoms. The van der Waals surface area contributed by atoms with Gasteiger partial charge in [0.1, 0.15) is 5.75 Å². The van der Waals surface area contributed by atoms with Crippen molar-refractivity contribution in [3.05, 3.63) is 66.4 Å². The van der Waals surface area contributed by atoms with Crippen molar-refractivity contribution in [2.75, 3.05) is 26.8 Å². The zero-order valence-electron chi connectivity index (χ0n) is 14.2. The maximum Gasteiger partial charge on any atom is 0.128 e. The molecule has 0 saturated carbocycles. The highest BCUT2D eigenvalue weighted by Crippen LogP contribution is 2.31. The van der Waals surface area contributed by atoms with Crippen molar-refractivity contribution in [2.45, 2.75) is 6.10 Å². The molecule has 1 aromatic heterocycles. The molecule has 1 atom stereocenters. The first kappa shape index (κ1) is 15.9.